The third-order valence-electron chi connectivity index (χ3n) is 3.59. The minimum atomic E-state index is 0. The summed E-state index contributed by atoms with van der Waals surface area (Å²) in [4.78, 5) is 29.7. The Morgan fingerprint density at radius 2 is 2.00 bits per heavy atom. The van der Waals surface area contributed by atoms with E-state index >= 15 is 0 Å². The average Bonchev–Trinajstić information content (AvgIpc) is 2.94. The maximum Gasteiger partial charge on any atom is 0.222 e. The fourth-order valence-corrected chi connectivity index (χ4v) is 2.50. The van der Waals surface area contributed by atoms with Crippen LogP contribution in [-0.4, -0.2) is 60.9 Å². The zero-order valence-corrected chi connectivity index (χ0v) is 17.6. The molecule has 0 aromatic heterocycles. The molecule has 0 aromatic carbocycles. The lowest BCUT2D eigenvalue weighted by molar-refractivity contribution is -0.129. The van der Waals surface area contributed by atoms with Gasteiger partial charge in [0.25, 0.3) is 0 Å². The lowest BCUT2D eigenvalue weighted by atomic mass is 10.3. The molecule has 1 rings (SSSR count). The lowest BCUT2D eigenvalue weighted by Crippen LogP contribution is -2.45. The van der Waals surface area contributed by atoms with Crippen molar-refractivity contribution in [2.75, 3.05) is 26.2 Å². The summed E-state index contributed by atoms with van der Waals surface area (Å²) in [6.07, 6.45) is 1.84. The van der Waals surface area contributed by atoms with Gasteiger partial charge in [-0.3, -0.25) is 14.6 Å². The van der Waals surface area contributed by atoms with Crippen LogP contribution < -0.4 is 16.0 Å². The SMILES string of the molecule is CCNC(=NCCC(=O)NC(C)C)NC1CCN(C(=O)CC)C1.I. The number of nitrogens with zero attached hydrogens (tertiary/aromatic N) is 2. The summed E-state index contributed by atoms with van der Waals surface area (Å²) < 4.78 is 0. The number of rotatable bonds is 7. The second-order valence-electron chi connectivity index (χ2n) is 6.06. The summed E-state index contributed by atoms with van der Waals surface area (Å²) in [5.74, 6) is 0.919. The van der Waals surface area contributed by atoms with Gasteiger partial charge < -0.3 is 20.9 Å². The van der Waals surface area contributed by atoms with E-state index in [4.69, 9.17) is 0 Å². The number of guanidine groups is 1. The molecular formula is C16H32IN5O2. The van der Waals surface area contributed by atoms with Gasteiger partial charge in [-0.05, 0) is 27.2 Å². The van der Waals surface area contributed by atoms with Gasteiger partial charge in [-0.15, -0.1) is 24.0 Å². The van der Waals surface area contributed by atoms with Crippen LogP contribution in [0, 0.1) is 0 Å². The van der Waals surface area contributed by atoms with E-state index in [1.54, 1.807) is 0 Å². The summed E-state index contributed by atoms with van der Waals surface area (Å²) in [6, 6.07) is 0.367. The monoisotopic (exact) mass is 453 g/mol. The topological polar surface area (TPSA) is 85.8 Å². The van der Waals surface area contributed by atoms with Crippen LogP contribution >= 0.6 is 24.0 Å². The Labute approximate surface area is 162 Å². The molecule has 24 heavy (non-hydrogen) atoms. The van der Waals surface area contributed by atoms with E-state index in [2.05, 4.69) is 20.9 Å². The summed E-state index contributed by atoms with van der Waals surface area (Å²) in [7, 11) is 0. The number of amides is 2. The van der Waals surface area contributed by atoms with Crippen LogP contribution in [0.3, 0.4) is 0 Å². The molecule has 0 spiro atoms. The van der Waals surface area contributed by atoms with E-state index in [0.717, 1.165) is 19.5 Å². The van der Waals surface area contributed by atoms with Gasteiger partial charge >= 0.3 is 0 Å². The molecule has 1 heterocycles. The first-order valence-electron chi connectivity index (χ1n) is 8.58. The molecule has 7 nitrogen and oxygen atoms in total. The average molecular weight is 453 g/mol. The largest absolute Gasteiger partial charge is 0.357 e. The summed E-state index contributed by atoms with van der Waals surface area (Å²) in [5, 5.41) is 9.39. The first kappa shape index (κ1) is 22.9. The Morgan fingerprint density at radius 1 is 1.29 bits per heavy atom. The Balaban J connectivity index is 0.00000529. The molecular weight excluding hydrogens is 421 g/mol. The van der Waals surface area contributed by atoms with Gasteiger partial charge in [-0.2, -0.15) is 0 Å². The van der Waals surface area contributed by atoms with Gasteiger partial charge in [-0.25, -0.2) is 0 Å². The number of likely N-dealkylation sites (tertiary alicyclic amines) is 1. The fourth-order valence-electron chi connectivity index (χ4n) is 2.50. The van der Waals surface area contributed by atoms with Crippen molar-refractivity contribution in [1.82, 2.24) is 20.9 Å². The van der Waals surface area contributed by atoms with E-state index in [-0.39, 0.29) is 47.9 Å². The molecule has 3 N–H and O–H groups in total. The summed E-state index contributed by atoms with van der Waals surface area (Å²) in [5.41, 5.74) is 0. The number of carbonyl (C=O) groups is 2. The minimum absolute atomic E-state index is 0. The van der Waals surface area contributed by atoms with Crippen LogP contribution in [0.4, 0.5) is 0 Å². The highest BCUT2D eigenvalue weighted by Gasteiger charge is 2.25. The number of carbonyl (C=O) groups excluding carboxylic acids is 2. The zero-order valence-electron chi connectivity index (χ0n) is 15.2. The van der Waals surface area contributed by atoms with E-state index in [1.807, 2.05) is 32.6 Å². The quantitative estimate of drug-likeness (QED) is 0.306. The highest BCUT2D eigenvalue weighted by atomic mass is 127. The van der Waals surface area contributed by atoms with Crippen molar-refractivity contribution < 1.29 is 9.59 Å². The molecule has 140 valence electrons. The van der Waals surface area contributed by atoms with Crippen LogP contribution in [0.5, 0.6) is 0 Å². The second kappa shape index (κ2) is 12.3. The molecule has 0 bridgehead atoms. The van der Waals surface area contributed by atoms with Crippen LogP contribution in [0.1, 0.15) is 47.0 Å². The van der Waals surface area contributed by atoms with E-state index in [1.165, 1.54) is 0 Å². The minimum Gasteiger partial charge on any atom is -0.357 e. The summed E-state index contributed by atoms with van der Waals surface area (Å²) in [6.45, 7) is 10.5. The number of nitrogens with one attached hydrogen (secondary N) is 3. The van der Waals surface area contributed by atoms with Crippen molar-refractivity contribution in [1.29, 1.82) is 0 Å². The molecule has 1 unspecified atom stereocenters. The Hall–Kier alpha value is -1.06. The lowest BCUT2D eigenvalue weighted by Gasteiger charge is -2.18. The van der Waals surface area contributed by atoms with Crippen LogP contribution in [-0.2, 0) is 9.59 Å². The van der Waals surface area contributed by atoms with Gasteiger partial charge in [-0.1, -0.05) is 6.92 Å². The smallest absolute Gasteiger partial charge is 0.222 e. The van der Waals surface area contributed by atoms with Crippen LogP contribution in [0.15, 0.2) is 4.99 Å². The molecule has 1 fully saturated rings. The Kier molecular flexibility index (Phi) is 11.8. The van der Waals surface area contributed by atoms with Crippen molar-refractivity contribution >= 4 is 41.8 Å². The molecule has 2 amide bonds. The zero-order chi connectivity index (χ0) is 17.2. The third kappa shape index (κ3) is 8.70. The fraction of sp³-hybridized carbons (Fsp3) is 0.812. The molecule has 8 heteroatoms. The Morgan fingerprint density at radius 3 is 2.58 bits per heavy atom. The number of halogens is 1. The molecule has 0 aromatic rings. The summed E-state index contributed by atoms with van der Waals surface area (Å²) >= 11 is 0. The van der Waals surface area contributed by atoms with Gasteiger partial charge in [0.1, 0.15) is 0 Å². The van der Waals surface area contributed by atoms with Gasteiger partial charge in [0.05, 0.1) is 6.54 Å². The maximum absolute atomic E-state index is 11.7. The highest BCUT2D eigenvalue weighted by Crippen LogP contribution is 2.10. The molecule has 0 radical (unpaired) electrons. The van der Waals surface area contributed by atoms with Crippen molar-refractivity contribution in [2.24, 2.45) is 4.99 Å². The molecule has 1 saturated heterocycles. The molecule has 1 aliphatic heterocycles. The standard InChI is InChI=1S/C16H31N5O2.HI/c1-5-15(23)21-10-8-13(11-21)20-16(17-6-2)18-9-7-14(22)19-12(3)4;/h12-13H,5-11H2,1-4H3,(H,19,22)(H2,17,18,20);1H. The first-order chi connectivity index (χ1) is 11.0. The van der Waals surface area contributed by atoms with Gasteiger partial charge in [0.15, 0.2) is 5.96 Å². The van der Waals surface area contributed by atoms with Crippen molar-refractivity contribution in [3.8, 4) is 0 Å². The van der Waals surface area contributed by atoms with E-state index in [9.17, 15) is 9.59 Å². The van der Waals surface area contributed by atoms with Gasteiger partial charge in [0, 0.05) is 44.6 Å². The molecule has 0 saturated carbocycles. The molecule has 1 atom stereocenters. The number of hydrogen-bond donors (Lipinski definition) is 3. The Bertz CT molecular complexity index is 429. The maximum atomic E-state index is 11.7. The van der Waals surface area contributed by atoms with Crippen molar-refractivity contribution in [3.63, 3.8) is 0 Å². The highest BCUT2D eigenvalue weighted by molar-refractivity contribution is 14.0. The molecule has 0 aliphatic carbocycles. The molecule has 1 aliphatic rings. The van der Waals surface area contributed by atoms with Crippen LogP contribution in [0.2, 0.25) is 0 Å². The van der Waals surface area contributed by atoms with E-state index in [0.29, 0.717) is 31.9 Å². The van der Waals surface area contributed by atoms with Crippen LogP contribution in [0.25, 0.3) is 0 Å². The third-order valence-corrected chi connectivity index (χ3v) is 3.59. The van der Waals surface area contributed by atoms with E-state index < -0.39 is 0 Å². The second-order valence-corrected chi connectivity index (χ2v) is 6.06. The van der Waals surface area contributed by atoms with Crippen molar-refractivity contribution in [3.05, 3.63) is 0 Å². The van der Waals surface area contributed by atoms with Crippen molar-refractivity contribution in [2.45, 2.75) is 59.0 Å². The normalized spacial score (nSPS) is 17.5. The number of aliphatic imine (C=N–C) groups is 1. The first-order valence-corrected chi connectivity index (χ1v) is 8.58. The predicted octanol–water partition coefficient (Wildman–Crippen LogP) is 1.09. The van der Waals surface area contributed by atoms with Gasteiger partial charge in [0.2, 0.25) is 11.8 Å². The predicted molar refractivity (Wildman–Crippen MR) is 108 cm³/mol. The number of hydrogen-bond acceptors (Lipinski definition) is 3.